The third-order valence-corrected chi connectivity index (χ3v) is 9.18. The number of piperidine rings is 1. The predicted octanol–water partition coefficient (Wildman–Crippen LogP) is 1.31. The zero-order valence-electron chi connectivity index (χ0n) is 15.7. The zero-order chi connectivity index (χ0) is 18.6. The molecule has 3 rings (SSSR count). The van der Waals surface area contributed by atoms with Gasteiger partial charge in [0, 0.05) is 33.1 Å². The molecule has 3 aliphatic heterocycles. The van der Waals surface area contributed by atoms with Gasteiger partial charge >= 0.3 is 0 Å². The van der Waals surface area contributed by atoms with Crippen LogP contribution in [0.4, 0.5) is 0 Å². The van der Waals surface area contributed by atoms with Crippen molar-refractivity contribution in [2.75, 3.05) is 31.9 Å². The number of likely N-dealkylation sites (tertiary alicyclic amines) is 2. The Kier molecular flexibility index (Phi) is 4.45. The largest absolute Gasteiger partial charge is 0.342 e. The summed E-state index contributed by atoms with van der Waals surface area (Å²) < 4.78 is 24.2. The molecule has 0 N–H and O–H groups in total. The summed E-state index contributed by atoms with van der Waals surface area (Å²) in [5, 5.41) is 0. The average molecular weight is 371 g/mol. The van der Waals surface area contributed by atoms with Crippen LogP contribution in [0.1, 0.15) is 47.0 Å². The van der Waals surface area contributed by atoms with E-state index in [0.717, 1.165) is 12.8 Å². The van der Waals surface area contributed by atoms with E-state index in [1.807, 2.05) is 4.90 Å². The third kappa shape index (κ3) is 2.98. The molecule has 0 saturated carbocycles. The molecule has 3 aliphatic rings. The van der Waals surface area contributed by atoms with E-state index < -0.39 is 20.5 Å². The number of amides is 2. The predicted molar refractivity (Wildman–Crippen MR) is 95.6 cm³/mol. The van der Waals surface area contributed by atoms with E-state index in [1.165, 1.54) is 11.8 Å². The summed E-state index contributed by atoms with van der Waals surface area (Å²) in [7, 11) is -3.32. The second-order valence-corrected chi connectivity index (χ2v) is 11.5. The van der Waals surface area contributed by atoms with Crippen LogP contribution in [-0.4, -0.2) is 66.7 Å². The Morgan fingerprint density at radius 3 is 2.04 bits per heavy atom. The van der Waals surface area contributed by atoms with Gasteiger partial charge in [-0.25, -0.2) is 8.42 Å². The SMILES string of the molecule is CC(=O)N1CC2(C1)C(C(=O)N1CCC(C(C)(C)C)CC1)CCS2(=O)=O. The average Bonchev–Trinajstić information content (AvgIpc) is 2.75. The Bertz CT molecular complexity index is 666. The van der Waals surface area contributed by atoms with Crippen molar-refractivity contribution in [2.24, 2.45) is 17.3 Å². The normalized spacial score (nSPS) is 28.9. The van der Waals surface area contributed by atoms with Crippen LogP contribution < -0.4 is 0 Å². The molecule has 3 saturated heterocycles. The monoisotopic (exact) mass is 370 g/mol. The van der Waals surface area contributed by atoms with Gasteiger partial charge in [-0.15, -0.1) is 0 Å². The molecule has 3 fully saturated rings. The maximum absolute atomic E-state index is 13.1. The molecule has 1 spiro atoms. The first kappa shape index (κ1) is 18.7. The van der Waals surface area contributed by atoms with Crippen LogP contribution in [-0.2, 0) is 19.4 Å². The molecule has 142 valence electrons. The van der Waals surface area contributed by atoms with Crippen molar-refractivity contribution < 1.29 is 18.0 Å². The first-order valence-corrected chi connectivity index (χ1v) is 10.9. The minimum absolute atomic E-state index is 0.0170. The van der Waals surface area contributed by atoms with E-state index in [4.69, 9.17) is 0 Å². The number of hydrogen-bond acceptors (Lipinski definition) is 4. The van der Waals surface area contributed by atoms with Gasteiger partial charge in [0.15, 0.2) is 9.84 Å². The van der Waals surface area contributed by atoms with E-state index in [1.54, 1.807) is 0 Å². The van der Waals surface area contributed by atoms with Crippen molar-refractivity contribution in [3.05, 3.63) is 0 Å². The van der Waals surface area contributed by atoms with Gasteiger partial charge in [-0.2, -0.15) is 0 Å². The molecule has 2 amide bonds. The van der Waals surface area contributed by atoms with Crippen molar-refractivity contribution in [3.8, 4) is 0 Å². The second kappa shape index (κ2) is 5.96. The van der Waals surface area contributed by atoms with Crippen LogP contribution in [0.2, 0.25) is 0 Å². The molecule has 1 atom stereocenters. The van der Waals surface area contributed by atoms with E-state index in [0.29, 0.717) is 25.4 Å². The number of carbonyl (C=O) groups is 2. The Balaban J connectivity index is 1.71. The second-order valence-electron chi connectivity index (χ2n) is 9.07. The van der Waals surface area contributed by atoms with Crippen molar-refractivity contribution in [3.63, 3.8) is 0 Å². The molecule has 1 unspecified atom stereocenters. The number of rotatable bonds is 1. The highest BCUT2D eigenvalue weighted by Crippen LogP contribution is 2.46. The summed E-state index contributed by atoms with van der Waals surface area (Å²) in [6.07, 6.45) is 2.34. The van der Waals surface area contributed by atoms with Gasteiger partial charge in [-0.3, -0.25) is 9.59 Å². The van der Waals surface area contributed by atoms with Gasteiger partial charge in [0.1, 0.15) is 4.75 Å². The fourth-order valence-corrected chi connectivity index (χ4v) is 7.04. The molecule has 0 aromatic heterocycles. The van der Waals surface area contributed by atoms with Crippen LogP contribution in [0, 0.1) is 17.3 Å². The summed E-state index contributed by atoms with van der Waals surface area (Å²) >= 11 is 0. The number of hydrogen-bond donors (Lipinski definition) is 0. The summed E-state index contributed by atoms with van der Waals surface area (Å²) in [4.78, 5) is 28.0. The lowest BCUT2D eigenvalue weighted by atomic mass is 9.75. The summed E-state index contributed by atoms with van der Waals surface area (Å²) in [6, 6.07) is 0. The van der Waals surface area contributed by atoms with Crippen LogP contribution in [0.5, 0.6) is 0 Å². The molecule has 3 heterocycles. The topological polar surface area (TPSA) is 74.8 Å². The zero-order valence-corrected chi connectivity index (χ0v) is 16.6. The lowest BCUT2D eigenvalue weighted by Gasteiger charge is -2.50. The lowest BCUT2D eigenvalue weighted by Crippen LogP contribution is -2.70. The molecule has 0 radical (unpaired) electrons. The molecule has 6 nitrogen and oxygen atoms in total. The van der Waals surface area contributed by atoms with Gasteiger partial charge in [0.25, 0.3) is 0 Å². The highest BCUT2D eigenvalue weighted by Gasteiger charge is 2.64. The molecule has 25 heavy (non-hydrogen) atoms. The molecular formula is C18H30N2O4S. The highest BCUT2D eigenvalue weighted by molar-refractivity contribution is 7.93. The van der Waals surface area contributed by atoms with E-state index in [9.17, 15) is 18.0 Å². The Morgan fingerprint density at radius 1 is 1.00 bits per heavy atom. The van der Waals surface area contributed by atoms with Crippen molar-refractivity contribution in [2.45, 2.75) is 51.7 Å². The third-order valence-electron chi connectivity index (χ3n) is 6.62. The number of nitrogens with zero attached hydrogens (tertiary/aromatic N) is 2. The maximum Gasteiger partial charge on any atom is 0.227 e. The molecule has 7 heteroatoms. The highest BCUT2D eigenvalue weighted by atomic mass is 32.2. The molecule has 0 bridgehead atoms. The van der Waals surface area contributed by atoms with Gasteiger partial charge in [0.2, 0.25) is 11.8 Å². The van der Waals surface area contributed by atoms with Crippen LogP contribution >= 0.6 is 0 Å². The fraction of sp³-hybridized carbons (Fsp3) is 0.889. The van der Waals surface area contributed by atoms with Gasteiger partial charge in [0.05, 0.1) is 11.7 Å². The van der Waals surface area contributed by atoms with Crippen molar-refractivity contribution in [1.29, 1.82) is 0 Å². The first-order chi connectivity index (χ1) is 11.5. The van der Waals surface area contributed by atoms with Crippen LogP contribution in [0.3, 0.4) is 0 Å². The quantitative estimate of drug-likeness (QED) is 0.697. The Hall–Kier alpha value is -1.11. The lowest BCUT2D eigenvalue weighted by molar-refractivity contribution is -0.145. The maximum atomic E-state index is 13.1. The minimum atomic E-state index is -3.32. The smallest absolute Gasteiger partial charge is 0.227 e. The first-order valence-electron chi connectivity index (χ1n) is 9.24. The standard InChI is InChI=1S/C18H30N2O4S/c1-13(21)20-11-18(12-20)15(7-10-25(18,23)24)16(22)19-8-5-14(6-9-19)17(2,3)4/h14-15H,5-12H2,1-4H3. The summed E-state index contributed by atoms with van der Waals surface area (Å²) in [5.74, 6) is 0.0312. The van der Waals surface area contributed by atoms with Crippen LogP contribution in [0.15, 0.2) is 0 Å². The molecule has 0 aromatic rings. The molecular weight excluding hydrogens is 340 g/mol. The molecule has 0 aliphatic carbocycles. The minimum Gasteiger partial charge on any atom is -0.342 e. The van der Waals surface area contributed by atoms with E-state index >= 15 is 0 Å². The van der Waals surface area contributed by atoms with E-state index in [-0.39, 0.29) is 36.1 Å². The fourth-order valence-electron chi connectivity index (χ4n) is 4.73. The number of carbonyl (C=O) groups excluding carboxylic acids is 2. The summed E-state index contributed by atoms with van der Waals surface area (Å²) in [6.45, 7) is 9.93. The molecule has 0 aromatic carbocycles. The Morgan fingerprint density at radius 2 is 1.56 bits per heavy atom. The Labute approximate surface area is 150 Å². The number of sulfone groups is 1. The summed E-state index contributed by atoms with van der Waals surface area (Å²) in [5.41, 5.74) is 0.239. The van der Waals surface area contributed by atoms with Crippen molar-refractivity contribution in [1.82, 2.24) is 9.80 Å². The van der Waals surface area contributed by atoms with Gasteiger partial charge < -0.3 is 9.80 Å². The van der Waals surface area contributed by atoms with Crippen molar-refractivity contribution >= 4 is 21.7 Å². The van der Waals surface area contributed by atoms with Gasteiger partial charge in [-0.1, -0.05) is 20.8 Å². The van der Waals surface area contributed by atoms with Crippen LogP contribution in [0.25, 0.3) is 0 Å². The van der Waals surface area contributed by atoms with E-state index in [2.05, 4.69) is 20.8 Å². The van der Waals surface area contributed by atoms with Gasteiger partial charge in [-0.05, 0) is 30.6 Å².